The lowest BCUT2D eigenvalue weighted by molar-refractivity contribution is -0.140. The maximum atomic E-state index is 11.0. The van der Waals surface area contributed by atoms with Crippen LogP contribution in [-0.2, 0) is 9.53 Å². The fraction of sp³-hybridized carbons (Fsp3) is 0.600. The van der Waals surface area contributed by atoms with Crippen LogP contribution in [0, 0.1) is 6.92 Å². The predicted octanol–water partition coefficient (Wildman–Crippen LogP) is 3.05. The molecule has 0 heterocycles. The van der Waals surface area contributed by atoms with E-state index in [0.717, 1.165) is 43.9 Å². The first-order valence-electron chi connectivity index (χ1n) is 9.29. The molecule has 0 spiro atoms. The Morgan fingerprint density at radius 2 is 1.96 bits per heavy atom. The van der Waals surface area contributed by atoms with Gasteiger partial charge < -0.3 is 20.1 Å². The van der Waals surface area contributed by atoms with E-state index in [9.17, 15) is 4.79 Å². The number of esters is 1. The second kappa shape index (κ2) is 13.0. The summed E-state index contributed by atoms with van der Waals surface area (Å²) in [5, 5.41) is 6.58. The van der Waals surface area contributed by atoms with Gasteiger partial charge in [0.25, 0.3) is 0 Å². The summed E-state index contributed by atoms with van der Waals surface area (Å²) in [4.78, 5) is 15.2. The van der Waals surface area contributed by atoms with Crippen LogP contribution >= 0.6 is 0 Å². The van der Waals surface area contributed by atoms with Crippen molar-refractivity contribution >= 4 is 11.9 Å². The summed E-state index contributed by atoms with van der Waals surface area (Å²) < 4.78 is 10.5. The van der Waals surface area contributed by atoms with Crippen molar-refractivity contribution in [2.75, 3.05) is 27.2 Å². The molecule has 1 atom stereocenters. The van der Waals surface area contributed by atoms with Gasteiger partial charge in [-0.15, -0.1) is 0 Å². The summed E-state index contributed by atoms with van der Waals surface area (Å²) in [6, 6.07) is 8.05. The molecule has 0 saturated heterocycles. The number of aryl methyl sites for hydroxylation is 1. The number of ether oxygens (including phenoxy) is 2. The topological polar surface area (TPSA) is 72.0 Å². The highest BCUT2D eigenvalue weighted by atomic mass is 16.5. The maximum Gasteiger partial charge on any atom is 0.305 e. The van der Waals surface area contributed by atoms with Crippen LogP contribution in [0.1, 0.15) is 44.6 Å². The van der Waals surface area contributed by atoms with Crippen LogP contribution in [0.25, 0.3) is 0 Å². The quantitative estimate of drug-likeness (QED) is 0.274. The second-order valence-electron chi connectivity index (χ2n) is 6.37. The summed E-state index contributed by atoms with van der Waals surface area (Å²) in [5.74, 6) is 1.53. The Bertz CT molecular complexity index is 561. The van der Waals surface area contributed by atoms with Crippen LogP contribution in [-0.4, -0.2) is 45.3 Å². The lowest BCUT2D eigenvalue weighted by Gasteiger charge is -2.18. The summed E-state index contributed by atoms with van der Waals surface area (Å²) >= 11 is 0. The highest BCUT2D eigenvalue weighted by molar-refractivity contribution is 5.79. The van der Waals surface area contributed by atoms with Gasteiger partial charge in [0.05, 0.1) is 13.7 Å². The van der Waals surface area contributed by atoms with Gasteiger partial charge >= 0.3 is 5.97 Å². The smallest absolute Gasteiger partial charge is 0.305 e. The molecular formula is C20H33N3O3. The zero-order valence-corrected chi connectivity index (χ0v) is 16.5. The molecule has 26 heavy (non-hydrogen) atoms. The van der Waals surface area contributed by atoms with Crippen molar-refractivity contribution in [3.05, 3.63) is 29.8 Å². The van der Waals surface area contributed by atoms with Gasteiger partial charge in [0.2, 0.25) is 0 Å². The first-order valence-corrected chi connectivity index (χ1v) is 9.29. The van der Waals surface area contributed by atoms with Crippen molar-refractivity contribution in [3.8, 4) is 5.75 Å². The first kappa shape index (κ1) is 21.8. The molecule has 2 N–H and O–H groups in total. The summed E-state index contributed by atoms with van der Waals surface area (Å²) in [6.07, 6.45) is 4.57. The normalized spacial score (nSPS) is 12.4. The summed E-state index contributed by atoms with van der Waals surface area (Å²) in [7, 11) is 3.19. The number of methoxy groups -OCH3 is 1. The number of hydrogen-bond donors (Lipinski definition) is 2. The van der Waals surface area contributed by atoms with Crippen LogP contribution in [0.3, 0.4) is 0 Å². The Kier molecular flexibility index (Phi) is 10.9. The lowest BCUT2D eigenvalue weighted by Crippen LogP contribution is -2.42. The van der Waals surface area contributed by atoms with Gasteiger partial charge in [-0.25, -0.2) is 0 Å². The zero-order valence-electron chi connectivity index (χ0n) is 16.5. The minimum Gasteiger partial charge on any atom is -0.489 e. The molecule has 0 fully saturated rings. The van der Waals surface area contributed by atoms with Gasteiger partial charge in [-0.2, -0.15) is 0 Å². The van der Waals surface area contributed by atoms with Gasteiger partial charge in [0, 0.05) is 20.0 Å². The molecule has 1 unspecified atom stereocenters. The Hall–Kier alpha value is -2.24. The Morgan fingerprint density at radius 1 is 1.19 bits per heavy atom. The first-order chi connectivity index (χ1) is 12.5. The third-order valence-electron chi connectivity index (χ3n) is 3.94. The van der Waals surface area contributed by atoms with Crippen LogP contribution in [0.5, 0.6) is 5.75 Å². The fourth-order valence-corrected chi connectivity index (χ4v) is 2.48. The molecule has 0 bridgehead atoms. The molecular weight excluding hydrogens is 330 g/mol. The average molecular weight is 364 g/mol. The average Bonchev–Trinajstić information content (AvgIpc) is 2.63. The molecule has 0 amide bonds. The second-order valence-corrected chi connectivity index (χ2v) is 6.37. The molecule has 0 aliphatic carbocycles. The standard InChI is InChI=1S/C20H33N3O3/c1-16-10-9-11-18(14-16)26-17(2)15-23-20(21-3)22-13-8-6-5-7-12-19(24)25-4/h9-11,14,17H,5-8,12-13,15H2,1-4H3,(H2,21,22,23). The van der Waals surface area contributed by atoms with E-state index in [1.54, 1.807) is 7.05 Å². The number of hydrogen-bond acceptors (Lipinski definition) is 4. The molecule has 0 aliphatic rings. The molecule has 0 radical (unpaired) electrons. The number of rotatable bonds is 11. The monoisotopic (exact) mass is 363 g/mol. The third kappa shape index (κ3) is 9.91. The number of benzene rings is 1. The van der Waals surface area contributed by atoms with E-state index in [1.165, 1.54) is 12.7 Å². The number of nitrogens with one attached hydrogen (secondary N) is 2. The van der Waals surface area contributed by atoms with Crippen LogP contribution in [0.15, 0.2) is 29.3 Å². The van der Waals surface area contributed by atoms with E-state index < -0.39 is 0 Å². The van der Waals surface area contributed by atoms with Gasteiger partial charge in [-0.1, -0.05) is 25.0 Å². The molecule has 146 valence electrons. The Balaban J connectivity index is 2.13. The van der Waals surface area contributed by atoms with Gasteiger partial charge in [-0.3, -0.25) is 9.79 Å². The van der Waals surface area contributed by atoms with Crippen LogP contribution in [0.4, 0.5) is 0 Å². The van der Waals surface area contributed by atoms with Crippen LogP contribution in [0.2, 0.25) is 0 Å². The largest absolute Gasteiger partial charge is 0.489 e. The predicted molar refractivity (Wildman–Crippen MR) is 106 cm³/mol. The SMILES string of the molecule is CN=C(NCCCCCCC(=O)OC)NCC(C)Oc1cccc(C)c1. The number of aliphatic imine (C=N–C) groups is 1. The highest BCUT2D eigenvalue weighted by Crippen LogP contribution is 2.13. The van der Waals surface area contributed by atoms with Crippen molar-refractivity contribution in [1.29, 1.82) is 0 Å². The van der Waals surface area contributed by atoms with Gasteiger partial charge in [-0.05, 0) is 44.4 Å². The van der Waals surface area contributed by atoms with E-state index in [-0.39, 0.29) is 12.1 Å². The van der Waals surface area contributed by atoms with Crippen molar-refractivity contribution < 1.29 is 14.3 Å². The van der Waals surface area contributed by atoms with Crippen molar-refractivity contribution in [3.63, 3.8) is 0 Å². The van der Waals surface area contributed by atoms with E-state index >= 15 is 0 Å². The molecule has 6 heteroatoms. The Morgan fingerprint density at radius 3 is 2.65 bits per heavy atom. The van der Waals surface area contributed by atoms with Crippen molar-refractivity contribution in [2.45, 2.75) is 52.1 Å². The van der Waals surface area contributed by atoms with E-state index in [4.69, 9.17) is 4.74 Å². The van der Waals surface area contributed by atoms with Crippen LogP contribution < -0.4 is 15.4 Å². The van der Waals surface area contributed by atoms with Gasteiger partial charge in [0.1, 0.15) is 11.9 Å². The molecule has 1 rings (SSSR count). The summed E-state index contributed by atoms with van der Waals surface area (Å²) in [5.41, 5.74) is 1.19. The lowest BCUT2D eigenvalue weighted by atomic mass is 10.1. The molecule has 1 aromatic carbocycles. The van der Waals surface area contributed by atoms with E-state index in [1.807, 2.05) is 25.1 Å². The van der Waals surface area contributed by atoms with E-state index in [2.05, 4.69) is 33.4 Å². The highest BCUT2D eigenvalue weighted by Gasteiger charge is 2.06. The molecule has 1 aromatic rings. The molecule has 0 aromatic heterocycles. The van der Waals surface area contributed by atoms with E-state index in [0.29, 0.717) is 13.0 Å². The third-order valence-corrected chi connectivity index (χ3v) is 3.94. The summed E-state index contributed by atoms with van der Waals surface area (Å²) in [6.45, 7) is 5.61. The molecule has 6 nitrogen and oxygen atoms in total. The maximum absolute atomic E-state index is 11.0. The minimum atomic E-state index is -0.130. The Labute approximate surface area is 157 Å². The zero-order chi connectivity index (χ0) is 19.2. The molecule has 0 saturated carbocycles. The number of nitrogens with zero attached hydrogens (tertiary/aromatic N) is 1. The minimum absolute atomic E-state index is 0.0358. The number of carbonyl (C=O) groups is 1. The van der Waals surface area contributed by atoms with Crippen molar-refractivity contribution in [1.82, 2.24) is 10.6 Å². The van der Waals surface area contributed by atoms with Gasteiger partial charge in [0.15, 0.2) is 5.96 Å². The fourth-order valence-electron chi connectivity index (χ4n) is 2.48. The number of unbranched alkanes of at least 4 members (excludes halogenated alkanes) is 3. The number of guanidine groups is 1. The van der Waals surface area contributed by atoms with Crippen molar-refractivity contribution in [2.24, 2.45) is 4.99 Å². The number of carbonyl (C=O) groups excluding carboxylic acids is 1. The molecule has 0 aliphatic heterocycles.